The highest BCUT2D eigenvalue weighted by Gasteiger charge is 2.13. The molecule has 4 aromatic rings. The highest BCUT2D eigenvalue weighted by molar-refractivity contribution is 7.91. The number of hydrogen-bond donors (Lipinski definition) is 1. The fourth-order valence-electron chi connectivity index (χ4n) is 3.36. The van der Waals surface area contributed by atoms with Crippen LogP contribution in [0.3, 0.4) is 0 Å². The number of fused-ring (bicyclic) bond motifs is 3. The fraction of sp³-hybridized carbons (Fsp3) is 0.190. The molecule has 2 aromatic heterocycles. The molecule has 0 saturated carbocycles. The average Bonchev–Trinajstić information content (AvgIpc) is 2.95. The number of ether oxygens (including phenoxy) is 1. The first-order valence-corrected chi connectivity index (χ1v) is 10.8. The maximum Gasteiger partial charge on any atom is 0.120 e. The van der Waals surface area contributed by atoms with Crippen LogP contribution in [0.5, 0.6) is 5.75 Å². The molecule has 27 heavy (non-hydrogen) atoms. The lowest BCUT2D eigenvalue weighted by Gasteiger charge is -2.09. The lowest BCUT2D eigenvalue weighted by Crippen LogP contribution is -2.01. The minimum absolute atomic E-state index is 0.552. The Balaban J connectivity index is 1.83. The molecule has 1 atom stereocenters. The second-order valence-electron chi connectivity index (χ2n) is 6.56. The molecule has 0 spiro atoms. The summed E-state index contributed by atoms with van der Waals surface area (Å²) in [5, 5.41) is 1.07. The van der Waals surface area contributed by atoms with Gasteiger partial charge in [0.25, 0.3) is 0 Å². The first kappa shape index (κ1) is 17.5. The second-order valence-corrected chi connectivity index (χ2v) is 8.72. The minimum Gasteiger partial charge on any atom is -0.494 e. The smallest absolute Gasteiger partial charge is 0.120 e. The third-order valence-corrected chi connectivity index (χ3v) is 5.79. The van der Waals surface area contributed by atoms with Gasteiger partial charge in [-0.3, -0.25) is 4.98 Å². The largest absolute Gasteiger partial charge is 0.494 e. The minimum atomic E-state index is -2.69. The number of nitrogens with one attached hydrogen (secondary N) is 1. The van der Waals surface area contributed by atoms with Crippen molar-refractivity contribution in [2.75, 3.05) is 12.9 Å². The van der Waals surface area contributed by atoms with Crippen LogP contribution in [-0.4, -0.2) is 26.6 Å². The van der Waals surface area contributed by atoms with Crippen LogP contribution < -0.4 is 4.74 Å². The van der Waals surface area contributed by atoms with Crippen molar-refractivity contribution in [2.45, 2.75) is 18.4 Å². The number of nitrogens with zero attached hydrogens (tertiary/aromatic N) is 2. The predicted molar refractivity (Wildman–Crippen MR) is 109 cm³/mol. The molecule has 0 aliphatic carbocycles. The Morgan fingerprint density at radius 2 is 1.89 bits per heavy atom. The highest BCUT2D eigenvalue weighted by Crippen LogP contribution is 2.31. The molecule has 2 aromatic carbocycles. The maximum atomic E-state index is 11.9. The van der Waals surface area contributed by atoms with Crippen LogP contribution in [0.15, 0.2) is 65.7 Å². The average molecular weight is 379 g/mol. The molecule has 6 heteroatoms. The van der Waals surface area contributed by atoms with E-state index in [1.165, 1.54) is 6.26 Å². The van der Waals surface area contributed by atoms with Crippen molar-refractivity contribution in [3.8, 4) is 5.75 Å². The van der Waals surface area contributed by atoms with Crippen molar-refractivity contribution in [3.05, 3.63) is 66.4 Å². The predicted octanol–water partition coefficient (Wildman–Crippen LogP) is 4.67. The van der Waals surface area contributed by atoms with Crippen LogP contribution in [-0.2, 0) is 16.3 Å². The van der Waals surface area contributed by atoms with Gasteiger partial charge in [-0.25, -0.2) is 8.99 Å². The van der Waals surface area contributed by atoms with Crippen molar-refractivity contribution < 1.29 is 8.95 Å². The van der Waals surface area contributed by atoms with E-state index in [4.69, 9.17) is 9.52 Å². The van der Waals surface area contributed by atoms with E-state index in [1.807, 2.05) is 37.3 Å². The van der Waals surface area contributed by atoms with E-state index in [-0.39, 0.29) is 0 Å². The fourth-order valence-corrected chi connectivity index (χ4v) is 4.01. The van der Waals surface area contributed by atoms with Gasteiger partial charge in [0.05, 0.1) is 32.9 Å². The Morgan fingerprint density at radius 3 is 2.59 bits per heavy atom. The highest BCUT2D eigenvalue weighted by atomic mass is 32.2. The van der Waals surface area contributed by atoms with Gasteiger partial charge >= 0.3 is 0 Å². The summed E-state index contributed by atoms with van der Waals surface area (Å²) in [5.41, 5.74) is 4.19. The van der Waals surface area contributed by atoms with E-state index < -0.39 is 9.73 Å². The number of aromatic nitrogens is 2. The van der Waals surface area contributed by atoms with Crippen LogP contribution in [0, 0.1) is 4.78 Å². The summed E-state index contributed by atoms with van der Waals surface area (Å²) in [4.78, 5) is 5.13. The summed E-state index contributed by atoms with van der Waals surface area (Å²) in [6, 6.07) is 17.5. The SMILES string of the molecule is CCOc1ccc2c(c1)c1ncccc1n2Cc1ccc(S(C)(=N)=O)cc1. The molecule has 138 valence electrons. The van der Waals surface area contributed by atoms with E-state index >= 15 is 0 Å². The Hall–Kier alpha value is -2.86. The molecule has 0 aliphatic rings. The van der Waals surface area contributed by atoms with E-state index in [0.29, 0.717) is 18.0 Å². The zero-order valence-electron chi connectivity index (χ0n) is 15.3. The van der Waals surface area contributed by atoms with Gasteiger partial charge in [0, 0.05) is 29.3 Å². The topological polar surface area (TPSA) is 68.0 Å². The number of hydrogen-bond acceptors (Lipinski definition) is 4. The molecule has 1 N–H and O–H groups in total. The Morgan fingerprint density at radius 1 is 1.11 bits per heavy atom. The van der Waals surface area contributed by atoms with Crippen LogP contribution in [0.25, 0.3) is 21.9 Å². The summed E-state index contributed by atoms with van der Waals surface area (Å²) in [6.45, 7) is 3.27. The summed E-state index contributed by atoms with van der Waals surface area (Å²) >= 11 is 0. The van der Waals surface area contributed by atoms with Crippen LogP contribution in [0.1, 0.15) is 12.5 Å². The second kappa shape index (κ2) is 6.70. The van der Waals surface area contributed by atoms with Gasteiger partial charge in [-0.1, -0.05) is 12.1 Å². The van der Waals surface area contributed by atoms with E-state index in [1.54, 1.807) is 18.3 Å². The zero-order chi connectivity index (χ0) is 19.0. The van der Waals surface area contributed by atoms with E-state index in [9.17, 15) is 4.21 Å². The van der Waals surface area contributed by atoms with Gasteiger partial charge in [-0.2, -0.15) is 0 Å². The quantitative estimate of drug-likeness (QED) is 0.548. The van der Waals surface area contributed by atoms with Crippen LogP contribution in [0.4, 0.5) is 0 Å². The first-order chi connectivity index (χ1) is 13.0. The summed E-state index contributed by atoms with van der Waals surface area (Å²) in [5.74, 6) is 0.840. The van der Waals surface area contributed by atoms with Crippen LogP contribution >= 0.6 is 0 Å². The van der Waals surface area contributed by atoms with Gasteiger partial charge in [-0.15, -0.1) is 0 Å². The van der Waals surface area contributed by atoms with Gasteiger partial charge in [-0.05, 0) is 55.0 Å². The van der Waals surface area contributed by atoms with Crippen molar-refractivity contribution in [1.29, 1.82) is 4.78 Å². The molecule has 0 fully saturated rings. The number of benzene rings is 2. The first-order valence-electron chi connectivity index (χ1n) is 8.80. The molecular weight excluding hydrogens is 358 g/mol. The number of rotatable bonds is 5. The molecule has 0 bridgehead atoms. The molecule has 0 aliphatic heterocycles. The summed E-state index contributed by atoms with van der Waals surface area (Å²) < 4.78 is 27.5. The Labute approximate surface area is 158 Å². The van der Waals surface area contributed by atoms with Gasteiger partial charge in [0.15, 0.2) is 0 Å². The maximum absolute atomic E-state index is 11.9. The van der Waals surface area contributed by atoms with Gasteiger partial charge in [0.1, 0.15) is 5.75 Å². The standard InChI is InChI=1S/C21H21N3O2S/c1-3-26-16-8-11-19-18(13-16)21-20(5-4-12-23-21)24(19)14-15-6-9-17(10-7-15)27(2,22)25/h4-13,22H,3,14H2,1-2H3. The Kier molecular flexibility index (Phi) is 4.36. The van der Waals surface area contributed by atoms with Gasteiger partial charge in [0.2, 0.25) is 0 Å². The molecule has 4 rings (SSSR count). The van der Waals surface area contributed by atoms with E-state index in [2.05, 4.69) is 21.7 Å². The molecule has 0 saturated heterocycles. The Bertz CT molecular complexity index is 1230. The lowest BCUT2D eigenvalue weighted by atomic mass is 10.2. The third-order valence-electron chi connectivity index (χ3n) is 4.62. The molecule has 5 nitrogen and oxygen atoms in total. The van der Waals surface area contributed by atoms with E-state index in [0.717, 1.165) is 33.2 Å². The van der Waals surface area contributed by atoms with Crippen LogP contribution in [0.2, 0.25) is 0 Å². The monoisotopic (exact) mass is 379 g/mol. The third kappa shape index (κ3) is 3.28. The molecule has 1 unspecified atom stereocenters. The number of pyridine rings is 1. The lowest BCUT2D eigenvalue weighted by molar-refractivity contribution is 0.341. The van der Waals surface area contributed by atoms with Crippen molar-refractivity contribution >= 4 is 31.7 Å². The molecule has 2 heterocycles. The summed E-state index contributed by atoms with van der Waals surface area (Å²) in [7, 11) is -2.69. The van der Waals surface area contributed by atoms with Crippen molar-refractivity contribution in [1.82, 2.24) is 9.55 Å². The molecular formula is C21H21N3O2S. The zero-order valence-corrected chi connectivity index (χ0v) is 16.1. The van der Waals surface area contributed by atoms with Gasteiger partial charge < -0.3 is 9.30 Å². The summed E-state index contributed by atoms with van der Waals surface area (Å²) in [6.07, 6.45) is 3.25. The molecule has 0 amide bonds. The molecule has 0 radical (unpaired) electrons. The van der Waals surface area contributed by atoms with Crippen molar-refractivity contribution in [3.63, 3.8) is 0 Å². The normalized spacial score (nSPS) is 13.7. The van der Waals surface area contributed by atoms with Crippen molar-refractivity contribution in [2.24, 2.45) is 0 Å².